The number of halogens is 3. The molecule has 0 radical (unpaired) electrons. The summed E-state index contributed by atoms with van der Waals surface area (Å²) in [5, 5.41) is 9.96. The molecule has 0 amide bonds. The van der Waals surface area contributed by atoms with Gasteiger partial charge in [-0.25, -0.2) is 4.98 Å². The molecule has 3 aromatic rings. The molecule has 0 bridgehead atoms. The molecule has 1 N–H and O–H groups in total. The van der Waals surface area contributed by atoms with E-state index in [1.165, 1.54) is 13.2 Å². The van der Waals surface area contributed by atoms with Gasteiger partial charge in [-0.15, -0.1) is 0 Å². The number of benzene rings is 1. The molecule has 0 unspecified atom stereocenters. The van der Waals surface area contributed by atoms with E-state index in [2.05, 4.69) is 9.97 Å². The molecule has 0 aliphatic carbocycles. The number of hydrogen-bond acceptors (Lipinski definition) is 4. The SMILES string of the molecule is COc1cc(C(F)(F)F)ccc1-c1cc2ncn(CC(C)(C)O)c2cn1. The van der Waals surface area contributed by atoms with E-state index in [1.807, 2.05) is 0 Å². The van der Waals surface area contributed by atoms with Crippen molar-refractivity contribution in [1.82, 2.24) is 14.5 Å². The van der Waals surface area contributed by atoms with Crippen molar-refractivity contribution >= 4 is 11.0 Å². The first-order chi connectivity index (χ1) is 12.1. The highest BCUT2D eigenvalue weighted by Crippen LogP contribution is 2.37. The fourth-order valence-electron chi connectivity index (χ4n) is 2.73. The van der Waals surface area contributed by atoms with Crippen LogP contribution in [-0.4, -0.2) is 32.4 Å². The standard InChI is InChI=1S/C18H18F3N3O2/c1-17(2,25)9-24-10-23-14-7-13(22-8-15(14)24)12-5-4-11(18(19,20)21)6-16(12)26-3/h4-8,10,25H,9H2,1-3H3. The molecule has 1 aromatic carbocycles. The van der Waals surface area contributed by atoms with Gasteiger partial charge in [0.25, 0.3) is 0 Å². The Labute approximate surface area is 148 Å². The van der Waals surface area contributed by atoms with Crippen LogP contribution in [0.2, 0.25) is 0 Å². The molecule has 0 fully saturated rings. The molecule has 26 heavy (non-hydrogen) atoms. The molecular weight excluding hydrogens is 347 g/mol. The number of aromatic nitrogens is 3. The van der Waals surface area contributed by atoms with Gasteiger partial charge in [-0.1, -0.05) is 0 Å². The van der Waals surface area contributed by atoms with Crippen LogP contribution < -0.4 is 4.74 Å². The first-order valence-electron chi connectivity index (χ1n) is 7.87. The summed E-state index contributed by atoms with van der Waals surface area (Å²) in [6.45, 7) is 3.72. The molecule has 0 spiro atoms. The second kappa shape index (κ2) is 6.28. The van der Waals surface area contributed by atoms with E-state index >= 15 is 0 Å². The molecule has 8 heteroatoms. The van der Waals surface area contributed by atoms with E-state index in [9.17, 15) is 18.3 Å². The zero-order valence-corrected chi connectivity index (χ0v) is 14.5. The van der Waals surface area contributed by atoms with Gasteiger partial charge in [-0.05, 0) is 38.1 Å². The molecule has 2 heterocycles. The number of fused-ring (bicyclic) bond motifs is 1. The number of ether oxygens (including phenoxy) is 1. The molecule has 0 atom stereocenters. The van der Waals surface area contributed by atoms with Crippen LogP contribution in [-0.2, 0) is 12.7 Å². The average molecular weight is 365 g/mol. The maximum Gasteiger partial charge on any atom is 0.416 e. The lowest BCUT2D eigenvalue weighted by Crippen LogP contribution is -2.25. The van der Waals surface area contributed by atoms with Gasteiger partial charge in [0.1, 0.15) is 5.75 Å². The second-order valence-corrected chi connectivity index (χ2v) is 6.66. The second-order valence-electron chi connectivity index (χ2n) is 6.66. The van der Waals surface area contributed by atoms with Gasteiger partial charge in [0.2, 0.25) is 0 Å². The lowest BCUT2D eigenvalue weighted by atomic mass is 10.1. The molecule has 2 aromatic heterocycles. The molecule has 0 aliphatic heterocycles. The third-order valence-corrected chi connectivity index (χ3v) is 3.87. The molecule has 3 rings (SSSR count). The summed E-state index contributed by atoms with van der Waals surface area (Å²) in [5.74, 6) is 0.0857. The highest BCUT2D eigenvalue weighted by molar-refractivity contribution is 5.81. The van der Waals surface area contributed by atoms with Gasteiger partial charge in [0.05, 0.1) is 54.1 Å². The lowest BCUT2D eigenvalue weighted by molar-refractivity contribution is -0.137. The molecule has 0 aliphatic rings. The van der Waals surface area contributed by atoms with Crippen molar-refractivity contribution in [2.75, 3.05) is 7.11 Å². The van der Waals surface area contributed by atoms with E-state index in [-0.39, 0.29) is 5.75 Å². The lowest BCUT2D eigenvalue weighted by Gasteiger charge is -2.18. The van der Waals surface area contributed by atoms with E-state index in [0.717, 1.165) is 17.6 Å². The monoisotopic (exact) mass is 365 g/mol. The van der Waals surface area contributed by atoms with Crippen molar-refractivity contribution < 1.29 is 23.0 Å². The fraction of sp³-hybridized carbons (Fsp3) is 0.333. The Morgan fingerprint density at radius 2 is 1.88 bits per heavy atom. The summed E-state index contributed by atoms with van der Waals surface area (Å²) in [7, 11) is 1.32. The quantitative estimate of drug-likeness (QED) is 0.762. The molecule has 0 saturated heterocycles. The minimum Gasteiger partial charge on any atom is -0.496 e. The van der Waals surface area contributed by atoms with Gasteiger partial charge in [-0.3, -0.25) is 4.98 Å². The minimum absolute atomic E-state index is 0.0857. The van der Waals surface area contributed by atoms with Crippen molar-refractivity contribution in [2.45, 2.75) is 32.2 Å². The average Bonchev–Trinajstić information content (AvgIpc) is 2.93. The van der Waals surface area contributed by atoms with Crippen LogP contribution >= 0.6 is 0 Å². The normalized spacial score (nSPS) is 12.6. The first kappa shape index (κ1) is 18.2. The predicted octanol–water partition coefficient (Wildman–Crippen LogP) is 3.90. The zero-order chi connectivity index (χ0) is 19.1. The first-order valence-corrected chi connectivity index (χ1v) is 7.87. The van der Waals surface area contributed by atoms with Gasteiger partial charge >= 0.3 is 6.18 Å². The third kappa shape index (κ3) is 3.65. The summed E-state index contributed by atoms with van der Waals surface area (Å²) in [6.07, 6.45) is -1.27. The van der Waals surface area contributed by atoms with Crippen LogP contribution in [0.25, 0.3) is 22.3 Å². The topological polar surface area (TPSA) is 60.2 Å². The summed E-state index contributed by atoms with van der Waals surface area (Å²) >= 11 is 0. The predicted molar refractivity (Wildman–Crippen MR) is 90.8 cm³/mol. The minimum atomic E-state index is -4.45. The Hall–Kier alpha value is -2.61. The van der Waals surface area contributed by atoms with Crippen molar-refractivity contribution in [2.24, 2.45) is 0 Å². The number of aliphatic hydroxyl groups is 1. The van der Waals surface area contributed by atoms with Crippen molar-refractivity contribution in [1.29, 1.82) is 0 Å². The van der Waals surface area contributed by atoms with Gasteiger partial charge < -0.3 is 14.4 Å². The maximum atomic E-state index is 12.9. The molecule has 5 nitrogen and oxygen atoms in total. The molecule has 138 valence electrons. The highest BCUT2D eigenvalue weighted by Gasteiger charge is 2.31. The number of imidazole rings is 1. The van der Waals surface area contributed by atoms with Gasteiger partial charge in [-0.2, -0.15) is 13.2 Å². The Bertz CT molecular complexity index is 943. The smallest absolute Gasteiger partial charge is 0.416 e. The number of pyridine rings is 1. The Kier molecular flexibility index (Phi) is 4.39. The van der Waals surface area contributed by atoms with E-state index in [1.54, 1.807) is 37.0 Å². The summed E-state index contributed by atoms with van der Waals surface area (Å²) in [4.78, 5) is 8.63. The van der Waals surface area contributed by atoms with Crippen LogP contribution in [0.15, 0.2) is 36.8 Å². The van der Waals surface area contributed by atoms with Crippen molar-refractivity contribution in [3.8, 4) is 17.0 Å². The maximum absolute atomic E-state index is 12.9. The van der Waals surface area contributed by atoms with Crippen LogP contribution in [0.4, 0.5) is 13.2 Å². The fourth-order valence-corrected chi connectivity index (χ4v) is 2.73. The Balaban J connectivity index is 2.03. The van der Waals surface area contributed by atoms with Crippen LogP contribution in [0.3, 0.4) is 0 Å². The van der Waals surface area contributed by atoms with E-state index in [0.29, 0.717) is 23.3 Å². The van der Waals surface area contributed by atoms with E-state index in [4.69, 9.17) is 4.74 Å². The molecule has 0 saturated carbocycles. The zero-order valence-electron chi connectivity index (χ0n) is 14.5. The summed E-state index contributed by atoms with van der Waals surface area (Å²) < 4.78 is 45.5. The van der Waals surface area contributed by atoms with Crippen LogP contribution in [0.5, 0.6) is 5.75 Å². The van der Waals surface area contributed by atoms with Crippen molar-refractivity contribution in [3.63, 3.8) is 0 Å². The molecular formula is C18H18F3N3O2. The number of hydrogen-bond donors (Lipinski definition) is 1. The number of rotatable bonds is 4. The Morgan fingerprint density at radius 3 is 2.50 bits per heavy atom. The van der Waals surface area contributed by atoms with Crippen LogP contribution in [0, 0.1) is 0 Å². The highest BCUT2D eigenvalue weighted by atomic mass is 19.4. The largest absolute Gasteiger partial charge is 0.496 e. The number of nitrogens with zero attached hydrogens (tertiary/aromatic N) is 3. The number of alkyl halides is 3. The summed E-state index contributed by atoms with van der Waals surface area (Å²) in [6, 6.07) is 4.97. The van der Waals surface area contributed by atoms with E-state index < -0.39 is 17.3 Å². The summed E-state index contributed by atoms with van der Waals surface area (Å²) in [5.41, 5.74) is 0.552. The van der Waals surface area contributed by atoms with Gasteiger partial charge in [0.15, 0.2) is 0 Å². The van der Waals surface area contributed by atoms with Gasteiger partial charge in [0, 0.05) is 5.56 Å². The van der Waals surface area contributed by atoms with Crippen LogP contribution in [0.1, 0.15) is 19.4 Å². The number of methoxy groups -OCH3 is 1. The third-order valence-electron chi connectivity index (χ3n) is 3.87. The Morgan fingerprint density at radius 1 is 1.15 bits per heavy atom. The van der Waals surface area contributed by atoms with Crippen molar-refractivity contribution in [3.05, 3.63) is 42.4 Å².